The summed E-state index contributed by atoms with van der Waals surface area (Å²) >= 11 is 0. The van der Waals surface area contributed by atoms with Crippen LogP contribution in [-0.4, -0.2) is 9.13 Å². The molecule has 0 atom stereocenters. The maximum Gasteiger partial charge on any atom is 0.104 e. The average Bonchev–Trinajstić information content (AvgIpc) is 3.51. The molecule has 38 heavy (non-hydrogen) atoms. The molecule has 0 aliphatic carbocycles. The Bertz CT molecular complexity index is 2390. The fourth-order valence-electron chi connectivity index (χ4n) is 5.65. The Morgan fingerprint density at radius 1 is 0.579 bits per heavy atom. The first-order valence-electron chi connectivity index (χ1n) is 15.1. The van der Waals surface area contributed by atoms with Gasteiger partial charge in [-0.05, 0) is 62.2 Å². The molecule has 178 valence electrons. The fourth-order valence-corrected chi connectivity index (χ4v) is 5.65. The van der Waals surface area contributed by atoms with Gasteiger partial charge in [-0.15, -0.1) is 0 Å². The SMILES string of the molecule is [2H]C([2H])([2H])c1ccc2c(c1)c1ccccc1n2-c1ccc(C#N)c(-n2c3ccccc3c3cc(C([2H])([2H])[2H])ccc32)c1C#N. The molecule has 0 unspecified atom stereocenters. The molecule has 0 saturated heterocycles. The third-order valence-corrected chi connectivity index (χ3v) is 7.20. The van der Waals surface area contributed by atoms with Crippen LogP contribution in [0.4, 0.5) is 0 Å². The highest BCUT2D eigenvalue weighted by molar-refractivity contribution is 6.11. The molecule has 7 aromatic rings. The summed E-state index contributed by atoms with van der Waals surface area (Å²) in [6, 6.07) is 33.1. The third-order valence-electron chi connectivity index (χ3n) is 7.20. The molecular weight excluding hydrogens is 464 g/mol. The maximum absolute atomic E-state index is 10.8. The summed E-state index contributed by atoms with van der Waals surface area (Å²) in [6.07, 6.45) is 0. The van der Waals surface area contributed by atoms with Gasteiger partial charge in [0, 0.05) is 29.8 Å². The van der Waals surface area contributed by atoms with Gasteiger partial charge in [0.05, 0.1) is 39.0 Å². The minimum Gasteiger partial charge on any atom is -0.308 e. The first-order valence-corrected chi connectivity index (χ1v) is 12.1. The topological polar surface area (TPSA) is 57.4 Å². The van der Waals surface area contributed by atoms with Gasteiger partial charge in [0.1, 0.15) is 17.7 Å². The van der Waals surface area contributed by atoms with Gasteiger partial charge < -0.3 is 9.13 Å². The van der Waals surface area contributed by atoms with E-state index in [1.807, 2.05) is 57.7 Å². The summed E-state index contributed by atoms with van der Waals surface area (Å²) in [4.78, 5) is 0. The van der Waals surface area contributed by atoms with Crippen LogP contribution >= 0.6 is 0 Å². The lowest BCUT2D eigenvalue weighted by Crippen LogP contribution is -2.06. The second kappa shape index (κ2) is 8.10. The Balaban J connectivity index is 1.61. The lowest BCUT2D eigenvalue weighted by Gasteiger charge is -2.17. The molecular formula is C34H22N4. The van der Waals surface area contributed by atoms with Crippen LogP contribution in [-0.2, 0) is 0 Å². The average molecular weight is 493 g/mol. The van der Waals surface area contributed by atoms with Gasteiger partial charge >= 0.3 is 0 Å². The molecule has 0 fully saturated rings. The number of rotatable bonds is 2. The maximum atomic E-state index is 10.8. The number of para-hydroxylation sites is 2. The van der Waals surface area contributed by atoms with Gasteiger partial charge in [0.15, 0.2) is 0 Å². The third kappa shape index (κ3) is 2.95. The van der Waals surface area contributed by atoms with Crippen LogP contribution in [0, 0.1) is 36.4 Å². The van der Waals surface area contributed by atoms with Crippen molar-refractivity contribution >= 4 is 43.6 Å². The van der Waals surface area contributed by atoms with Crippen molar-refractivity contribution in [2.24, 2.45) is 0 Å². The predicted molar refractivity (Wildman–Crippen MR) is 154 cm³/mol. The van der Waals surface area contributed by atoms with Gasteiger partial charge in [-0.25, -0.2) is 0 Å². The number of aromatic nitrogens is 2. The standard InChI is InChI=1S/C34H22N4/c1-21-11-14-31-26(17-21)24-7-3-5-9-29(24)37(31)33-16-13-23(19-35)34(28(33)20-36)38-30-10-6-4-8-25(30)27-18-22(2)12-15-32(27)38/h3-18H,1-2H3/i1D3,2D3. The molecule has 4 nitrogen and oxygen atoms in total. The highest BCUT2D eigenvalue weighted by atomic mass is 15.0. The highest BCUT2D eigenvalue weighted by Gasteiger charge is 2.23. The van der Waals surface area contributed by atoms with Crippen molar-refractivity contribution in [1.82, 2.24) is 9.13 Å². The Labute approximate surface area is 228 Å². The molecule has 7 rings (SSSR count). The quantitative estimate of drug-likeness (QED) is 0.244. The lowest BCUT2D eigenvalue weighted by molar-refractivity contribution is 1.11. The molecule has 0 aliphatic rings. The second-order valence-corrected chi connectivity index (χ2v) is 9.25. The van der Waals surface area contributed by atoms with E-state index in [0.29, 0.717) is 22.3 Å². The van der Waals surface area contributed by atoms with E-state index in [9.17, 15) is 10.5 Å². The molecule has 5 aromatic carbocycles. The van der Waals surface area contributed by atoms with Gasteiger partial charge in [0.2, 0.25) is 0 Å². The summed E-state index contributed by atoms with van der Waals surface area (Å²) in [6.45, 7) is -4.59. The van der Waals surface area contributed by atoms with E-state index in [0.717, 1.165) is 32.7 Å². The molecule has 0 bridgehead atoms. The van der Waals surface area contributed by atoms with E-state index in [1.165, 1.54) is 0 Å². The molecule has 2 heterocycles. The van der Waals surface area contributed by atoms with E-state index >= 15 is 0 Å². The highest BCUT2D eigenvalue weighted by Crippen LogP contribution is 2.39. The number of benzene rings is 5. The first-order chi connectivity index (χ1) is 21.0. The smallest absolute Gasteiger partial charge is 0.104 e. The van der Waals surface area contributed by atoms with Gasteiger partial charge in [0.25, 0.3) is 0 Å². The van der Waals surface area contributed by atoms with Crippen LogP contribution in [0.25, 0.3) is 55.0 Å². The van der Waals surface area contributed by atoms with E-state index < -0.39 is 13.7 Å². The van der Waals surface area contributed by atoms with Crippen LogP contribution in [0.5, 0.6) is 0 Å². The van der Waals surface area contributed by atoms with Crippen LogP contribution in [0.2, 0.25) is 0 Å². The van der Waals surface area contributed by atoms with Crippen molar-refractivity contribution < 1.29 is 8.22 Å². The molecule has 4 heteroatoms. The van der Waals surface area contributed by atoms with Crippen LogP contribution in [0.1, 0.15) is 30.5 Å². The minimum atomic E-state index is -2.30. The van der Waals surface area contributed by atoms with Gasteiger partial charge in [-0.1, -0.05) is 59.7 Å². The van der Waals surface area contributed by atoms with Crippen molar-refractivity contribution in [3.63, 3.8) is 0 Å². The summed E-state index contributed by atoms with van der Waals surface area (Å²) in [5.74, 6) is 0. The normalized spacial score (nSPS) is 14.4. The predicted octanol–water partition coefficient (Wildman–Crippen LogP) is 8.24. The number of nitriles is 2. The van der Waals surface area contributed by atoms with E-state index in [-0.39, 0.29) is 22.3 Å². The number of fused-ring (bicyclic) bond motifs is 6. The van der Waals surface area contributed by atoms with Gasteiger partial charge in [-0.3, -0.25) is 0 Å². The molecule has 0 N–H and O–H groups in total. The lowest BCUT2D eigenvalue weighted by atomic mass is 10.0. The van der Waals surface area contributed by atoms with E-state index in [2.05, 4.69) is 12.1 Å². The van der Waals surface area contributed by atoms with Crippen molar-refractivity contribution in [3.8, 4) is 23.5 Å². The van der Waals surface area contributed by atoms with Gasteiger partial charge in [-0.2, -0.15) is 10.5 Å². The minimum absolute atomic E-state index is 0.198. The zero-order valence-electron chi connectivity index (χ0n) is 26.0. The zero-order valence-corrected chi connectivity index (χ0v) is 20.0. The Kier molecular flexibility index (Phi) is 3.50. The molecule has 0 spiro atoms. The van der Waals surface area contributed by atoms with Crippen LogP contribution in [0.15, 0.2) is 97.1 Å². The Morgan fingerprint density at radius 3 is 1.71 bits per heavy atom. The Morgan fingerprint density at radius 2 is 1.13 bits per heavy atom. The molecule has 0 radical (unpaired) electrons. The molecule has 0 aliphatic heterocycles. The number of aryl methyl sites for hydroxylation is 2. The van der Waals surface area contributed by atoms with Crippen LogP contribution < -0.4 is 0 Å². The molecule has 0 saturated carbocycles. The number of hydrogen-bond acceptors (Lipinski definition) is 2. The van der Waals surface area contributed by atoms with Crippen molar-refractivity contribution in [1.29, 1.82) is 10.5 Å². The monoisotopic (exact) mass is 492 g/mol. The zero-order chi connectivity index (χ0) is 31.0. The largest absolute Gasteiger partial charge is 0.308 e. The Hall–Kier alpha value is -5.32. The number of hydrogen-bond donors (Lipinski definition) is 0. The van der Waals surface area contributed by atoms with Crippen molar-refractivity contribution in [3.05, 3.63) is 119 Å². The van der Waals surface area contributed by atoms with E-state index in [1.54, 1.807) is 48.5 Å². The fraction of sp³-hybridized carbons (Fsp3) is 0.0588. The van der Waals surface area contributed by atoms with Crippen molar-refractivity contribution in [2.75, 3.05) is 0 Å². The second-order valence-electron chi connectivity index (χ2n) is 9.25. The first kappa shape index (κ1) is 16.4. The molecule has 0 amide bonds. The summed E-state index contributed by atoms with van der Waals surface area (Å²) in [5, 5.41) is 24.1. The molecule has 2 aromatic heterocycles. The van der Waals surface area contributed by atoms with Crippen molar-refractivity contribution in [2.45, 2.75) is 13.7 Å². The summed E-state index contributed by atoms with van der Waals surface area (Å²) < 4.78 is 51.5. The summed E-state index contributed by atoms with van der Waals surface area (Å²) in [7, 11) is 0. The summed E-state index contributed by atoms with van der Waals surface area (Å²) in [5.41, 5.74) is 4.73. The number of nitrogens with zero attached hydrogens (tertiary/aromatic N) is 4. The van der Waals surface area contributed by atoms with E-state index in [4.69, 9.17) is 8.22 Å². The van der Waals surface area contributed by atoms with Crippen LogP contribution in [0.3, 0.4) is 0 Å².